The standard InChI is InChI=1S/C12H15NO3/c13-10(12(15)16)7-4-8-11(14)9-5-2-1-3-6-9/h1-3,5-6,10H,4,7-8,13H2,(H,15,16). The molecule has 0 radical (unpaired) electrons. The van der Waals surface area contributed by atoms with Crippen molar-refractivity contribution in [3.05, 3.63) is 35.9 Å². The highest BCUT2D eigenvalue weighted by Gasteiger charge is 2.12. The third-order valence-electron chi connectivity index (χ3n) is 2.33. The Bertz CT molecular complexity index is 362. The fraction of sp³-hybridized carbons (Fsp3) is 0.333. The van der Waals surface area contributed by atoms with E-state index in [0.717, 1.165) is 0 Å². The molecule has 86 valence electrons. The summed E-state index contributed by atoms with van der Waals surface area (Å²) in [6.07, 6.45) is 1.17. The molecular formula is C12H15NO3. The van der Waals surface area contributed by atoms with E-state index >= 15 is 0 Å². The minimum absolute atomic E-state index is 0.0261. The Morgan fingerprint density at radius 2 is 1.88 bits per heavy atom. The van der Waals surface area contributed by atoms with Crippen LogP contribution in [0, 0.1) is 0 Å². The smallest absolute Gasteiger partial charge is 0.320 e. The minimum atomic E-state index is -1.02. The van der Waals surface area contributed by atoms with Crippen LogP contribution in [-0.2, 0) is 4.79 Å². The molecular weight excluding hydrogens is 206 g/mol. The fourth-order valence-electron chi connectivity index (χ4n) is 1.37. The first-order valence-corrected chi connectivity index (χ1v) is 5.18. The third kappa shape index (κ3) is 3.82. The number of carboxylic acids is 1. The van der Waals surface area contributed by atoms with Gasteiger partial charge in [0.2, 0.25) is 0 Å². The molecule has 16 heavy (non-hydrogen) atoms. The van der Waals surface area contributed by atoms with E-state index in [1.807, 2.05) is 6.07 Å². The Kier molecular flexibility index (Phi) is 4.66. The van der Waals surface area contributed by atoms with Gasteiger partial charge in [-0.05, 0) is 12.8 Å². The molecule has 4 nitrogen and oxygen atoms in total. The van der Waals surface area contributed by atoms with Gasteiger partial charge < -0.3 is 10.8 Å². The van der Waals surface area contributed by atoms with Gasteiger partial charge in [-0.3, -0.25) is 9.59 Å². The van der Waals surface area contributed by atoms with Crippen LogP contribution < -0.4 is 5.73 Å². The molecule has 1 unspecified atom stereocenters. The normalized spacial score (nSPS) is 12.1. The van der Waals surface area contributed by atoms with Gasteiger partial charge in [0.05, 0.1) is 0 Å². The molecule has 3 N–H and O–H groups in total. The number of carboxylic acid groups (broad SMARTS) is 1. The van der Waals surface area contributed by atoms with Gasteiger partial charge in [0, 0.05) is 12.0 Å². The molecule has 0 aliphatic carbocycles. The minimum Gasteiger partial charge on any atom is -0.480 e. The monoisotopic (exact) mass is 221 g/mol. The average molecular weight is 221 g/mol. The van der Waals surface area contributed by atoms with Gasteiger partial charge in [-0.1, -0.05) is 30.3 Å². The highest BCUT2D eigenvalue weighted by atomic mass is 16.4. The van der Waals surface area contributed by atoms with Crippen molar-refractivity contribution in [2.75, 3.05) is 0 Å². The third-order valence-corrected chi connectivity index (χ3v) is 2.33. The van der Waals surface area contributed by atoms with Crippen molar-refractivity contribution in [1.82, 2.24) is 0 Å². The number of carbonyl (C=O) groups excluding carboxylic acids is 1. The summed E-state index contributed by atoms with van der Waals surface area (Å²) in [5.74, 6) is -0.995. The second kappa shape index (κ2) is 6.02. The van der Waals surface area contributed by atoms with Crippen molar-refractivity contribution in [3.8, 4) is 0 Å². The van der Waals surface area contributed by atoms with E-state index in [1.54, 1.807) is 24.3 Å². The number of carbonyl (C=O) groups is 2. The number of ketones is 1. The molecule has 0 amide bonds. The summed E-state index contributed by atoms with van der Waals surface area (Å²) in [4.78, 5) is 22.0. The first-order valence-electron chi connectivity index (χ1n) is 5.18. The van der Waals surface area contributed by atoms with E-state index in [-0.39, 0.29) is 5.78 Å². The second-order valence-corrected chi connectivity index (χ2v) is 3.63. The van der Waals surface area contributed by atoms with Gasteiger partial charge in [-0.2, -0.15) is 0 Å². The number of rotatable bonds is 6. The lowest BCUT2D eigenvalue weighted by Crippen LogP contribution is -2.29. The zero-order valence-corrected chi connectivity index (χ0v) is 8.93. The fourth-order valence-corrected chi connectivity index (χ4v) is 1.37. The van der Waals surface area contributed by atoms with Crippen molar-refractivity contribution in [2.45, 2.75) is 25.3 Å². The number of aliphatic carboxylic acids is 1. The summed E-state index contributed by atoms with van der Waals surface area (Å²) < 4.78 is 0. The van der Waals surface area contributed by atoms with Gasteiger partial charge in [0.25, 0.3) is 0 Å². The topological polar surface area (TPSA) is 80.4 Å². The second-order valence-electron chi connectivity index (χ2n) is 3.63. The van der Waals surface area contributed by atoms with Crippen LogP contribution in [0.25, 0.3) is 0 Å². The summed E-state index contributed by atoms with van der Waals surface area (Å²) >= 11 is 0. The Morgan fingerprint density at radius 1 is 1.25 bits per heavy atom. The van der Waals surface area contributed by atoms with Gasteiger partial charge in [-0.25, -0.2) is 0 Å². The molecule has 1 aromatic carbocycles. The quantitative estimate of drug-likeness (QED) is 0.712. The largest absolute Gasteiger partial charge is 0.480 e. The van der Waals surface area contributed by atoms with Crippen molar-refractivity contribution < 1.29 is 14.7 Å². The van der Waals surface area contributed by atoms with Crippen LogP contribution >= 0.6 is 0 Å². The number of nitrogens with two attached hydrogens (primary N) is 1. The van der Waals surface area contributed by atoms with Crippen LogP contribution in [0.15, 0.2) is 30.3 Å². The van der Waals surface area contributed by atoms with Crippen molar-refractivity contribution in [3.63, 3.8) is 0 Å². The van der Waals surface area contributed by atoms with E-state index in [9.17, 15) is 9.59 Å². The molecule has 0 saturated carbocycles. The van der Waals surface area contributed by atoms with Crippen LogP contribution in [0.1, 0.15) is 29.6 Å². The summed E-state index contributed by atoms with van der Waals surface area (Å²) in [7, 11) is 0. The Morgan fingerprint density at radius 3 is 2.44 bits per heavy atom. The number of hydrogen-bond donors (Lipinski definition) is 2. The molecule has 1 rings (SSSR count). The summed E-state index contributed by atoms with van der Waals surface area (Å²) in [5, 5.41) is 8.55. The Labute approximate surface area is 94.1 Å². The maximum absolute atomic E-state index is 11.6. The van der Waals surface area contributed by atoms with E-state index in [1.165, 1.54) is 0 Å². The maximum Gasteiger partial charge on any atom is 0.320 e. The summed E-state index contributed by atoms with van der Waals surface area (Å²) in [6.45, 7) is 0. The highest BCUT2D eigenvalue weighted by molar-refractivity contribution is 5.95. The van der Waals surface area contributed by atoms with E-state index in [2.05, 4.69) is 0 Å². The van der Waals surface area contributed by atoms with Crippen LogP contribution in [0.2, 0.25) is 0 Å². The molecule has 1 atom stereocenters. The average Bonchev–Trinajstić information content (AvgIpc) is 2.29. The van der Waals surface area contributed by atoms with Gasteiger partial charge >= 0.3 is 5.97 Å². The van der Waals surface area contributed by atoms with E-state index in [0.29, 0.717) is 24.8 Å². The van der Waals surface area contributed by atoms with Gasteiger partial charge in [0.1, 0.15) is 6.04 Å². The summed E-state index contributed by atoms with van der Waals surface area (Å²) in [6, 6.07) is 8.08. The molecule has 4 heteroatoms. The molecule has 0 heterocycles. The van der Waals surface area contributed by atoms with Gasteiger partial charge in [-0.15, -0.1) is 0 Å². The lowest BCUT2D eigenvalue weighted by Gasteiger charge is -2.05. The number of benzene rings is 1. The van der Waals surface area contributed by atoms with Gasteiger partial charge in [0.15, 0.2) is 5.78 Å². The zero-order valence-electron chi connectivity index (χ0n) is 8.93. The molecule has 0 saturated heterocycles. The molecule has 0 spiro atoms. The van der Waals surface area contributed by atoms with Crippen LogP contribution in [0.4, 0.5) is 0 Å². The number of Topliss-reactive ketones (excluding diaryl/α,β-unsaturated/α-hetero) is 1. The lowest BCUT2D eigenvalue weighted by atomic mass is 10.0. The zero-order chi connectivity index (χ0) is 12.0. The predicted octanol–water partition coefficient (Wildman–Crippen LogP) is 1.45. The number of hydrogen-bond acceptors (Lipinski definition) is 3. The Balaban J connectivity index is 2.34. The highest BCUT2D eigenvalue weighted by Crippen LogP contribution is 2.07. The lowest BCUT2D eigenvalue weighted by molar-refractivity contribution is -0.138. The molecule has 0 aliphatic rings. The van der Waals surface area contributed by atoms with Crippen LogP contribution in [0.5, 0.6) is 0 Å². The SMILES string of the molecule is NC(CCCC(=O)c1ccccc1)C(=O)O. The summed E-state index contributed by atoms with van der Waals surface area (Å²) in [5.41, 5.74) is 5.99. The van der Waals surface area contributed by atoms with Crippen LogP contribution in [0.3, 0.4) is 0 Å². The molecule has 0 aromatic heterocycles. The van der Waals surface area contributed by atoms with Crippen LogP contribution in [-0.4, -0.2) is 22.9 Å². The van der Waals surface area contributed by atoms with Crippen molar-refractivity contribution >= 4 is 11.8 Å². The maximum atomic E-state index is 11.6. The first kappa shape index (κ1) is 12.4. The van der Waals surface area contributed by atoms with Crippen molar-refractivity contribution in [2.24, 2.45) is 5.73 Å². The molecule has 0 fully saturated rings. The predicted molar refractivity (Wildman–Crippen MR) is 60.2 cm³/mol. The van der Waals surface area contributed by atoms with E-state index < -0.39 is 12.0 Å². The molecule has 0 aliphatic heterocycles. The molecule has 1 aromatic rings. The van der Waals surface area contributed by atoms with E-state index in [4.69, 9.17) is 10.8 Å². The Hall–Kier alpha value is -1.68. The molecule has 0 bridgehead atoms. The first-order chi connectivity index (χ1) is 7.61. The van der Waals surface area contributed by atoms with Crippen molar-refractivity contribution in [1.29, 1.82) is 0 Å².